The Hall–Kier alpha value is -1.48. The lowest BCUT2D eigenvalue weighted by molar-refractivity contribution is 0.0207. The van der Waals surface area contributed by atoms with Crippen molar-refractivity contribution in [2.24, 2.45) is 0 Å². The van der Waals surface area contributed by atoms with Crippen molar-refractivity contribution < 1.29 is 9.84 Å². The molecule has 4 rings (SSSR count). The van der Waals surface area contributed by atoms with Gasteiger partial charge < -0.3 is 14.7 Å². The van der Waals surface area contributed by atoms with Gasteiger partial charge in [0.1, 0.15) is 5.75 Å². The zero-order valence-corrected chi connectivity index (χ0v) is 14.9. The fourth-order valence-electron chi connectivity index (χ4n) is 4.43. The van der Waals surface area contributed by atoms with Gasteiger partial charge in [0.15, 0.2) is 0 Å². The lowest BCUT2D eigenvalue weighted by Gasteiger charge is -2.49. The first kappa shape index (κ1) is 15.1. The Morgan fingerprint density at radius 3 is 2.48 bits per heavy atom. The van der Waals surface area contributed by atoms with Gasteiger partial charge in [-0.2, -0.15) is 0 Å². The predicted octanol–water partition coefficient (Wildman–Crippen LogP) is 3.97. The lowest BCUT2D eigenvalue weighted by atomic mass is 9.68. The molecule has 3 aliphatic rings. The second-order valence-corrected chi connectivity index (χ2v) is 8.64. The average Bonchev–Trinajstić information content (AvgIpc) is 2.44. The van der Waals surface area contributed by atoms with Crippen molar-refractivity contribution in [3.8, 4) is 5.75 Å². The van der Waals surface area contributed by atoms with E-state index in [1.165, 1.54) is 23.2 Å². The summed E-state index contributed by atoms with van der Waals surface area (Å²) in [4.78, 5) is 2.53. The van der Waals surface area contributed by atoms with Gasteiger partial charge in [-0.1, -0.05) is 27.7 Å². The van der Waals surface area contributed by atoms with Crippen molar-refractivity contribution in [2.45, 2.75) is 64.6 Å². The second kappa shape index (κ2) is 4.54. The minimum absolute atomic E-state index is 0.0662. The Bertz CT molecular complexity index is 713. The molecular weight excluding hydrogens is 286 g/mol. The number of fused-ring (bicyclic) bond motifs is 2. The number of nitrogens with zero attached hydrogens (tertiary/aromatic N) is 1. The molecule has 0 aliphatic carbocycles. The Kier molecular flexibility index (Phi) is 2.97. The maximum atomic E-state index is 10.1. The van der Waals surface area contributed by atoms with Gasteiger partial charge in [0.25, 0.3) is 0 Å². The highest BCUT2D eigenvalue weighted by Gasteiger charge is 2.43. The molecule has 0 amide bonds. The number of allylic oxidation sites excluding steroid dienone is 1. The molecule has 1 N–H and O–H groups in total. The molecule has 0 bridgehead atoms. The summed E-state index contributed by atoms with van der Waals surface area (Å²) in [7, 11) is 0. The molecule has 23 heavy (non-hydrogen) atoms. The van der Waals surface area contributed by atoms with E-state index in [1.807, 2.05) is 6.08 Å². The number of aliphatic hydroxyl groups excluding tert-OH is 1. The Morgan fingerprint density at radius 2 is 1.78 bits per heavy atom. The van der Waals surface area contributed by atoms with Crippen LogP contribution >= 0.6 is 0 Å². The van der Waals surface area contributed by atoms with Gasteiger partial charge in [0.2, 0.25) is 6.29 Å². The van der Waals surface area contributed by atoms with Crippen molar-refractivity contribution in [2.75, 3.05) is 18.0 Å². The van der Waals surface area contributed by atoms with Crippen molar-refractivity contribution in [1.29, 1.82) is 0 Å². The van der Waals surface area contributed by atoms with E-state index in [-0.39, 0.29) is 10.8 Å². The molecule has 3 nitrogen and oxygen atoms in total. The van der Waals surface area contributed by atoms with Crippen molar-refractivity contribution >= 4 is 11.3 Å². The Labute approximate surface area is 139 Å². The molecule has 3 aliphatic heterocycles. The smallest absolute Gasteiger partial charge is 0.217 e. The molecule has 3 heterocycles. The lowest BCUT2D eigenvalue weighted by Crippen LogP contribution is -2.45. The highest BCUT2D eigenvalue weighted by molar-refractivity contribution is 5.82. The van der Waals surface area contributed by atoms with E-state index in [4.69, 9.17) is 4.74 Å². The second-order valence-electron chi connectivity index (χ2n) is 8.64. The number of hydrogen-bond acceptors (Lipinski definition) is 3. The van der Waals surface area contributed by atoms with Crippen LogP contribution in [-0.2, 0) is 10.8 Å². The summed E-state index contributed by atoms with van der Waals surface area (Å²) in [6.45, 7) is 13.6. The van der Waals surface area contributed by atoms with Gasteiger partial charge in [-0.3, -0.25) is 0 Å². The zero-order chi connectivity index (χ0) is 16.6. The Morgan fingerprint density at radius 1 is 1.13 bits per heavy atom. The van der Waals surface area contributed by atoms with Crippen LogP contribution in [0.4, 0.5) is 5.69 Å². The SMILES string of the molecule is CC1=CC(O)Oc2c1cc1c3c2C(C)(C)CCN3CCC1(C)C. The van der Waals surface area contributed by atoms with Crippen LogP contribution in [0.3, 0.4) is 0 Å². The van der Waals surface area contributed by atoms with Crippen LogP contribution in [0.25, 0.3) is 5.57 Å². The average molecular weight is 313 g/mol. The van der Waals surface area contributed by atoms with E-state index in [0.29, 0.717) is 0 Å². The van der Waals surface area contributed by atoms with Gasteiger partial charge in [0.05, 0.1) is 0 Å². The van der Waals surface area contributed by atoms with Crippen LogP contribution in [0.1, 0.15) is 64.2 Å². The van der Waals surface area contributed by atoms with Crippen LogP contribution in [0.2, 0.25) is 0 Å². The fourth-order valence-corrected chi connectivity index (χ4v) is 4.43. The monoisotopic (exact) mass is 313 g/mol. The van der Waals surface area contributed by atoms with Gasteiger partial charge >= 0.3 is 0 Å². The van der Waals surface area contributed by atoms with Crippen molar-refractivity contribution in [3.63, 3.8) is 0 Å². The molecule has 0 fully saturated rings. The summed E-state index contributed by atoms with van der Waals surface area (Å²) in [5.41, 5.74) is 6.64. The number of hydrogen-bond donors (Lipinski definition) is 1. The third-order valence-corrected chi connectivity index (χ3v) is 6.04. The summed E-state index contributed by atoms with van der Waals surface area (Å²) in [5, 5.41) is 10.1. The predicted molar refractivity (Wildman–Crippen MR) is 94.2 cm³/mol. The molecule has 0 radical (unpaired) electrons. The molecule has 0 saturated heterocycles. The van der Waals surface area contributed by atoms with E-state index in [1.54, 1.807) is 0 Å². The third kappa shape index (κ3) is 2.06. The molecule has 1 atom stereocenters. The van der Waals surface area contributed by atoms with Crippen molar-refractivity contribution in [1.82, 2.24) is 0 Å². The molecule has 1 aromatic rings. The number of benzene rings is 1. The molecular formula is C20H27NO2. The largest absolute Gasteiger partial charge is 0.460 e. The van der Waals surface area contributed by atoms with E-state index in [9.17, 15) is 5.11 Å². The molecule has 1 aromatic carbocycles. The van der Waals surface area contributed by atoms with Crippen LogP contribution in [-0.4, -0.2) is 24.5 Å². The fraction of sp³-hybridized carbons (Fsp3) is 0.600. The molecule has 0 spiro atoms. The highest BCUT2D eigenvalue weighted by atomic mass is 16.6. The molecule has 124 valence electrons. The van der Waals surface area contributed by atoms with E-state index in [2.05, 4.69) is 45.6 Å². The molecule has 3 heteroatoms. The number of ether oxygens (including phenoxy) is 1. The molecule has 1 unspecified atom stereocenters. The van der Waals surface area contributed by atoms with Gasteiger partial charge in [-0.25, -0.2) is 0 Å². The Balaban J connectivity index is 2.09. The van der Waals surface area contributed by atoms with E-state index in [0.717, 1.165) is 36.4 Å². The normalized spacial score (nSPS) is 26.8. The van der Waals surface area contributed by atoms with Crippen LogP contribution in [0, 0.1) is 0 Å². The summed E-state index contributed by atoms with van der Waals surface area (Å²) in [6.07, 6.45) is 3.29. The van der Waals surface area contributed by atoms with Crippen LogP contribution < -0.4 is 9.64 Å². The van der Waals surface area contributed by atoms with Gasteiger partial charge in [0, 0.05) is 29.9 Å². The molecule has 0 saturated carbocycles. The van der Waals surface area contributed by atoms with E-state index < -0.39 is 6.29 Å². The first-order valence-electron chi connectivity index (χ1n) is 8.71. The summed E-state index contributed by atoms with van der Waals surface area (Å²) in [5.74, 6) is 0.906. The van der Waals surface area contributed by atoms with Crippen LogP contribution in [0.15, 0.2) is 12.1 Å². The topological polar surface area (TPSA) is 32.7 Å². The summed E-state index contributed by atoms with van der Waals surface area (Å²) >= 11 is 0. The maximum Gasteiger partial charge on any atom is 0.217 e. The third-order valence-electron chi connectivity index (χ3n) is 6.04. The standard InChI is InChI=1S/C20H27NO2/c1-12-10-15(22)23-18-13(12)11-14-17-16(18)20(4,5)7-9-21(17)8-6-19(14,2)3/h10-11,15,22H,6-9H2,1-5H3. The van der Waals surface area contributed by atoms with Gasteiger partial charge in [-0.05, 0) is 53.9 Å². The maximum absolute atomic E-state index is 10.1. The summed E-state index contributed by atoms with van der Waals surface area (Å²) < 4.78 is 5.93. The summed E-state index contributed by atoms with van der Waals surface area (Å²) in [6, 6.07) is 2.32. The number of aliphatic hydroxyl groups is 1. The quantitative estimate of drug-likeness (QED) is 0.786. The first-order chi connectivity index (χ1) is 10.7. The number of anilines is 1. The number of rotatable bonds is 0. The van der Waals surface area contributed by atoms with E-state index >= 15 is 0 Å². The first-order valence-corrected chi connectivity index (χ1v) is 8.71. The highest BCUT2D eigenvalue weighted by Crippen LogP contribution is 2.55. The van der Waals surface area contributed by atoms with Gasteiger partial charge in [-0.15, -0.1) is 0 Å². The zero-order valence-electron chi connectivity index (χ0n) is 14.9. The van der Waals surface area contributed by atoms with Crippen molar-refractivity contribution in [3.05, 3.63) is 28.8 Å². The molecule has 0 aromatic heterocycles. The van der Waals surface area contributed by atoms with Crippen LogP contribution in [0.5, 0.6) is 5.75 Å². The minimum Gasteiger partial charge on any atom is -0.460 e. The minimum atomic E-state index is -0.834.